The smallest absolute Gasteiger partial charge is 0.207 e. The van der Waals surface area contributed by atoms with Crippen molar-refractivity contribution in [3.63, 3.8) is 0 Å². The van der Waals surface area contributed by atoms with Crippen LogP contribution >= 0.6 is 11.6 Å². The highest BCUT2D eigenvalue weighted by Gasteiger charge is 2.26. The molecule has 0 aromatic heterocycles. The number of hydrogen-bond acceptors (Lipinski definition) is 4. The first-order valence-corrected chi connectivity index (χ1v) is 12.7. The van der Waals surface area contributed by atoms with Gasteiger partial charge in [-0.2, -0.15) is 4.31 Å². The van der Waals surface area contributed by atoms with Gasteiger partial charge in [0.2, 0.25) is 20.0 Å². The van der Waals surface area contributed by atoms with Crippen LogP contribution in [0.4, 0.5) is 0 Å². The largest absolute Gasteiger partial charge is 0.243 e. The second-order valence-electron chi connectivity index (χ2n) is 7.15. The summed E-state index contributed by atoms with van der Waals surface area (Å²) in [7, 11) is -4.63. The molecule has 6 nitrogen and oxygen atoms in total. The number of sulfonamides is 2. The van der Waals surface area contributed by atoms with Gasteiger partial charge in [0.1, 0.15) is 0 Å². The van der Waals surface area contributed by atoms with E-state index in [1.54, 1.807) is 24.3 Å². The molecule has 0 aliphatic rings. The predicted octanol–water partition coefficient (Wildman–Crippen LogP) is 3.98. The van der Waals surface area contributed by atoms with E-state index in [-0.39, 0.29) is 22.9 Å². The van der Waals surface area contributed by atoms with E-state index < -0.39 is 20.0 Å². The normalized spacial score (nSPS) is 12.4. The Labute approximate surface area is 188 Å². The van der Waals surface area contributed by atoms with Crippen molar-refractivity contribution in [3.05, 3.63) is 95.0 Å². The molecule has 0 saturated carbocycles. The van der Waals surface area contributed by atoms with Gasteiger partial charge >= 0.3 is 0 Å². The van der Waals surface area contributed by atoms with Crippen LogP contribution in [0, 0.1) is 0 Å². The maximum atomic E-state index is 13.4. The molecular formula is C22H23ClN2O4S2. The van der Waals surface area contributed by atoms with E-state index in [0.29, 0.717) is 10.6 Å². The number of benzene rings is 3. The monoisotopic (exact) mass is 478 g/mol. The fourth-order valence-corrected chi connectivity index (χ4v) is 5.70. The highest BCUT2D eigenvalue weighted by molar-refractivity contribution is 7.89. The van der Waals surface area contributed by atoms with Gasteiger partial charge in [-0.25, -0.2) is 21.1 Å². The van der Waals surface area contributed by atoms with Gasteiger partial charge in [-0.15, -0.1) is 0 Å². The van der Waals surface area contributed by atoms with Crippen molar-refractivity contribution in [3.8, 4) is 0 Å². The average molecular weight is 479 g/mol. The molecule has 0 saturated heterocycles. The first kappa shape index (κ1) is 23.4. The second-order valence-corrected chi connectivity index (χ2v) is 11.7. The van der Waals surface area contributed by atoms with E-state index in [0.717, 1.165) is 9.87 Å². The van der Waals surface area contributed by atoms with Crippen molar-refractivity contribution < 1.29 is 16.8 Å². The first-order chi connectivity index (χ1) is 14.6. The molecule has 3 rings (SSSR count). The summed E-state index contributed by atoms with van der Waals surface area (Å²) < 4.78 is 54.3. The summed E-state index contributed by atoms with van der Waals surface area (Å²) in [6.07, 6.45) is 0. The summed E-state index contributed by atoms with van der Waals surface area (Å²) >= 11 is 6.02. The van der Waals surface area contributed by atoms with Crippen molar-refractivity contribution in [2.24, 2.45) is 0 Å². The standard InChI is InChI=1S/C22H23ClN2O4S2/c1-24(2)30(26,27)21-12-6-10-19(14-21)17-25(16-18-8-4-3-5-9-18)31(28,29)22-13-7-11-20(23)15-22/h3-15H,16-17H2,1-2H3. The minimum atomic E-state index is -3.90. The van der Waals surface area contributed by atoms with Crippen molar-refractivity contribution >= 4 is 31.6 Å². The van der Waals surface area contributed by atoms with Gasteiger partial charge in [-0.3, -0.25) is 0 Å². The zero-order chi connectivity index (χ0) is 22.6. The lowest BCUT2D eigenvalue weighted by atomic mass is 10.2. The van der Waals surface area contributed by atoms with Crippen LogP contribution in [0.2, 0.25) is 5.02 Å². The quantitative estimate of drug-likeness (QED) is 0.490. The minimum Gasteiger partial charge on any atom is -0.207 e. The van der Waals surface area contributed by atoms with Crippen molar-refractivity contribution in [1.29, 1.82) is 0 Å². The molecule has 0 radical (unpaired) electrons. The molecule has 0 unspecified atom stereocenters. The summed E-state index contributed by atoms with van der Waals surface area (Å²) in [6, 6.07) is 21.6. The number of halogens is 1. The van der Waals surface area contributed by atoms with Gasteiger partial charge < -0.3 is 0 Å². The van der Waals surface area contributed by atoms with Gasteiger partial charge in [-0.05, 0) is 41.5 Å². The Kier molecular flexibility index (Phi) is 7.18. The Morgan fingerprint density at radius 1 is 0.677 bits per heavy atom. The maximum absolute atomic E-state index is 13.4. The van der Waals surface area contributed by atoms with Crippen molar-refractivity contribution in [2.45, 2.75) is 22.9 Å². The molecule has 164 valence electrons. The van der Waals surface area contributed by atoms with E-state index in [1.165, 1.54) is 42.7 Å². The van der Waals surface area contributed by atoms with Gasteiger partial charge in [0.15, 0.2) is 0 Å². The lowest BCUT2D eigenvalue weighted by Gasteiger charge is -2.23. The van der Waals surface area contributed by atoms with E-state index in [4.69, 9.17) is 11.6 Å². The average Bonchev–Trinajstić information content (AvgIpc) is 2.74. The lowest BCUT2D eigenvalue weighted by molar-refractivity contribution is 0.401. The van der Waals surface area contributed by atoms with Crippen molar-refractivity contribution in [2.75, 3.05) is 14.1 Å². The maximum Gasteiger partial charge on any atom is 0.243 e. The molecule has 0 atom stereocenters. The zero-order valence-electron chi connectivity index (χ0n) is 17.1. The van der Waals surface area contributed by atoms with Crippen LogP contribution < -0.4 is 0 Å². The molecule has 0 amide bonds. The Morgan fingerprint density at radius 2 is 1.23 bits per heavy atom. The molecule has 0 bridgehead atoms. The molecule has 0 spiro atoms. The van der Waals surface area contributed by atoms with Crippen LogP contribution in [0.5, 0.6) is 0 Å². The molecule has 3 aromatic carbocycles. The molecule has 0 aliphatic heterocycles. The third kappa shape index (κ3) is 5.53. The first-order valence-electron chi connectivity index (χ1n) is 9.42. The fourth-order valence-electron chi connectivity index (χ4n) is 3.01. The summed E-state index contributed by atoms with van der Waals surface area (Å²) in [5.74, 6) is 0. The molecule has 0 fully saturated rings. The minimum absolute atomic E-state index is 0.000525. The van der Waals surface area contributed by atoms with Gasteiger partial charge in [0, 0.05) is 32.2 Å². The SMILES string of the molecule is CN(C)S(=O)(=O)c1cccc(CN(Cc2ccccc2)S(=O)(=O)c2cccc(Cl)c2)c1. The summed E-state index contributed by atoms with van der Waals surface area (Å²) in [6.45, 7) is 0.126. The highest BCUT2D eigenvalue weighted by Crippen LogP contribution is 2.24. The van der Waals surface area contributed by atoms with Gasteiger partial charge in [0.25, 0.3) is 0 Å². The lowest BCUT2D eigenvalue weighted by Crippen LogP contribution is -2.30. The molecule has 0 N–H and O–H groups in total. The molecule has 3 aromatic rings. The fraction of sp³-hybridized carbons (Fsp3) is 0.182. The van der Waals surface area contributed by atoms with E-state index in [1.807, 2.05) is 30.3 Å². The zero-order valence-corrected chi connectivity index (χ0v) is 19.5. The van der Waals surface area contributed by atoms with Crippen LogP contribution in [0.25, 0.3) is 0 Å². The van der Waals surface area contributed by atoms with Crippen molar-refractivity contribution in [1.82, 2.24) is 8.61 Å². The summed E-state index contributed by atoms with van der Waals surface area (Å²) in [5, 5.41) is 0.319. The van der Waals surface area contributed by atoms with Gasteiger partial charge in [-0.1, -0.05) is 60.1 Å². The summed E-state index contributed by atoms with van der Waals surface area (Å²) in [4.78, 5) is 0.183. The van der Waals surface area contributed by atoms with Crippen LogP contribution in [0.15, 0.2) is 88.7 Å². The molecular weight excluding hydrogens is 456 g/mol. The molecule has 31 heavy (non-hydrogen) atoms. The van der Waals surface area contributed by atoms with Crippen LogP contribution in [-0.2, 0) is 33.1 Å². The van der Waals surface area contributed by atoms with Crippen LogP contribution in [0.1, 0.15) is 11.1 Å². The molecule has 0 heterocycles. The third-order valence-electron chi connectivity index (χ3n) is 4.67. The van der Waals surface area contributed by atoms with Crippen LogP contribution in [0.3, 0.4) is 0 Å². The Bertz CT molecular complexity index is 1260. The van der Waals surface area contributed by atoms with E-state index >= 15 is 0 Å². The Morgan fingerprint density at radius 3 is 1.84 bits per heavy atom. The highest BCUT2D eigenvalue weighted by atomic mass is 35.5. The van der Waals surface area contributed by atoms with Gasteiger partial charge in [0.05, 0.1) is 9.79 Å². The molecule has 0 aliphatic carbocycles. The Hall–Kier alpha value is -2.23. The van der Waals surface area contributed by atoms with E-state index in [9.17, 15) is 16.8 Å². The summed E-state index contributed by atoms with van der Waals surface area (Å²) in [5.41, 5.74) is 1.37. The topological polar surface area (TPSA) is 74.8 Å². The second kappa shape index (κ2) is 9.50. The van der Waals surface area contributed by atoms with E-state index in [2.05, 4.69) is 0 Å². The number of rotatable bonds is 8. The van der Waals surface area contributed by atoms with Crippen LogP contribution in [-0.4, -0.2) is 39.5 Å². The number of nitrogens with zero attached hydrogens (tertiary/aromatic N) is 2. The Balaban J connectivity index is 2.02. The number of hydrogen-bond donors (Lipinski definition) is 0. The predicted molar refractivity (Wildman–Crippen MR) is 122 cm³/mol. The molecule has 9 heteroatoms. The third-order valence-corrected chi connectivity index (χ3v) is 8.51.